The molecule has 50 valence electrons. The van der Waals surface area contributed by atoms with Gasteiger partial charge in [0.1, 0.15) is 0 Å². The fourth-order valence-electron chi connectivity index (χ4n) is 0.123. The van der Waals surface area contributed by atoms with Crippen LogP contribution in [0.15, 0.2) is 11.6 Å². The van der Waals surface area contributed by atoms with Crippen LogP contribution in [0, 0.1) is 0 Å². The maximum atomic E-state index is 9.86. The van der Waals surface area contributed by atoms with Crippen molar-refractivity contribution in [2.24, 2.45) is 0 Å². The molecule has 0 aromatic carbocycles. The Kier molecular flexibility index (Phi) is 10.2. The Morgan fingerprint density at radius 1 is 1.56 bits per heavy atom. The third-order valence-electron chi connectivity index (χ3n) is 0.770. The summed E-state index contributed by atoms with van der Waals surface area (Å²) in [5.41, 5.74) is 0.389. The number of carboxylic acid groups (broad SMARTS) is 1. The van der Waals surface area contributed by atoms with Gasteiger partial charge in [-0.1, -0.05) is 6.08 Å². The zero-order chi connectivity index (χ0) is 7.86. The van der Waals surface area contributed by atoms with Crippen LogP contribution in [0.1, 0.15) is 13.8 Å². The Bertz CT molecular complexity index is 119. The van der Waals surface area contributed by atoms with Crippen LogP contribution in [0.3, 0.4) is 0 Å². The predicted molar refractivity (Wildman–Crippen MR) is 27.8 cm³/mol. The number of carboxylic acids is 1. The molecule has 0 bridgehead atoms. The van der Waals surface area contributed by atoms with Crippen molar-refractivity contribution in [3.63, 3.8) is 0 Å². The molecule has 4 heteroatoms. The fourth-order valence-corrected chi connectivity index (χ4v) is 0.123. The molecule has 0 amide bonds. The summed E-state index contributed by atoms with van der Waals surface area (Å²) in [5, 5.41) is 8.11. The van der Waals surface area contributed by atoms with Gasteiger partial charge >= 0.3 is 33.2 Å². The second-order valence-electron chi connectivity index (χ2n) is 1.28. The van der Waals surface area contributed by atoms with Crippen molar-refractivity contribution in [1.82, 2.24) is 0 Å². The van der Waals surface area contributed by atoms with E-state index < -0.39 is 5.97 Å². The van der Waals surface area contributed by atoms with E-state index in [0.717, 1.165) is 0 Å². The van der Waals surface area contributed by atoms with E-state index in [9.17, 15) is 4.79 Å². The molecule has 9 heavy (non-hydrogen) atoms. The number of hydrogen-bond donors (Lipinski definition) is 1. The molecule has 0 aromatic rings. The van der Waals surface area contributed by atoms with Gasteiger partial charge in [0.05, 0.1) is 0 Å². The summed E-state index contributed by atoms with van der Waals surface area (Å²) in [5.74, 6) is -0.845. The van der Waals surface area contributed by atoms with E-state index in [0.29, 0.717) is 5.57 Å². The van der Waals surface area contributed by atoms with E-state index in [2.05, 4.69) is 0 Å². The second kappa shape index (κ2) is 7.88. The van der Waals surface area contributed by atoms with Gasteiger partial charge in [-0.2, -0.15) is 0 Å². The van der Waals surface area contributed by atoms with Crippen LogP contribution in [0.25, 0.3) is 0 Å². The van der Waals surface area contributed by atoms with Gasteiger partial charge in [0.2, 0.25) is 0 Å². The summed E-state index contributed by atoms with van der Waals surface area (Å²) in [6.45, 7) is 3.26. The molecule has 0 heterocycles. The summed E-state index contributed by atoms with van der Waals surface area (Å²) in [6, 6.07) is 0. The van der Waals surface area contributed by atoms with Crippen LogP contribution in [0.5, 0.6) is 0 Å². The van der Waals surface area contributed by atoms with Crippen molar-refractivity contribution in [1.29, 1.82) is 0 Å². The molecule has 0 aromatic heterocycles. The molecule has 0 fully saturated rings. The third kappa shape index (κ3) is 7.88. The average molecular weight is 295 g/mol. The topological polar surface area (TPSA) is 54.4 Å². The van der Waals surface area contributed by atoms with Crippen LogP contribution >= 0.6 is 0 Å². The quantitative estimate of drug-likeness (QED) is 0.578. The summed E-state index contributed by atoms with van der Waals surface area (Å²) in [7, 11) is 0. The van der Waals surface area contributed by atoms with Crippen LogP contribution in [-0.4, -0.2) is 11.1 Å². The van der Waals surface area contributed by atoms with Gasteiger partial charge in [0.15, 0.2) is 0 Å². The Labute approximate surface area is 68.8 Å². The van der Waals surface area contributed by atoms with Gasteiger partial charge in [-0.25, -0.2) is 4.79 Å². The molecular weight excluding hydrogens is 287 g/mol. The molecule has 0 aliphatic heterocycles. The number of allylic oxidation sites excluding steroid dienone is 1. The molecule has 0 spiro atoms. The van der Waals surface area contributed by atoms with Crippen LogP contribution < -0.4 is 0 Å². The second-order valence-corrected chi connectivity index (χ2v) is 1.28. The van der Waals surface area contributed by atoms with Gasteiger partial charge < -0.3 is 5.11 Å². The number of rotatable bonds is 1. The van der Waals surface area contributed by atoms with E-state index in [1.807, 2.05) is 0 Å². The molecule has 0 aliphatic rings. The molecule has 1 N–H and O–H groups in total. The minimum atomic E-state index is -0.845. The van der Waals surface area contributed by atoms with Crippen molar-refractivity contribution < 1.29 is 37.1 Å². The fraction of sp³-hybridized carbons (Fsp3) is 0.400. The SMILES string of the molecule is CC=C(C)C(=O)O.[O]=[Hf]. The van der Waals surface area contributed by atoms with E-state index in [1.54, 1.807) is 19.9 Å². The number of carbonyl (C=O) groups is 1. The maximum absolute atomic E-state index is 9.86. The summed E-state index contributed by atoms with van der Waals surface area (Å²) in [6.07, 6.45) is 1.56. The number of aliphatic carboxylic acids is 1. The predicted octanol–water partition coefficient (Wildman–Crippen LogP) is 0.916. The van der Waals surface area contributed by atoms with Gasteiger partial charge in [0.25, 0.3) is 0 Å². The Hall–Kier alpha value is -0.120. The molecule has 0 unspecified atom stereocenters. The zero-order valence-corrected chi connectivity index (χ0v) is 8.93. The zero-order valence-electron chi connectivity index (χ0n) is 5.34. The summed E-state index contributed by atoms with van der Waals surface area (Å²) >= 11 is 0.0556. The molecule has 0 atom stereocenters. The molecular formula is C5H8HfO3. The summed E-state index contributed by atoms with van der Waals surface area (Å²) < 4.78 is 8.39. The van der Waals surface area contributed by atoms with Gasteiger partial charge in [-0.05, 0) is 13.8 Å². The average Bonchev–Trinajstić information content (AvgIpc) is 1.91. The van der Waals surface area contributed by atoms with Crippen LogP contribution in [0.2, 0.25) is 0 Å². The van der Waals surface area contributed by atoms with Gasteiger partial charge in [-0.3, -0.25) is 0 Å². The van der Waals surface area contributed by atoms with Crippen molar-refractivity contribution in [2.45, 2.75) is 13.8 Å². The molecule has 0 radical (unpaired) electrons. The molecule has 0 saturated heterocycles. The molecule has 0 rings (SSSR count). The first kappa shape index (κ1) is 11.6. The van der Waals surface area contributed by atoms with E-state index in [-0.39, 0.29) is 24.4 Å². The van der Waals surface area contributed by atoms with Gasteiger partial charge in [-0.15, -0.1) is 0 Å². The Morgan fingerprint density at radius 3 is 1.89 bits per heavy atom. The van der Waals surface area contributed by atoms with Crippen LogP contribution in [-0.2, 0) is 32.0 Å². The summed E-state index contributed by atoms with van der Waals surface area (Å²) in [4.78, 5) is 9.86. The Balaban J connectivity index is 0. The van der Waals surface area contributed by atoms with Crippen LogP contribution in [0.4, 0.5) is 0 Å². The van der Waals surface area contributed by atoms with E-state index in [4.69, 9.17) is 7.96 Å². The van der Waals surface area contributed by atoms with Gasteiger partial charge in [0, 0.05) is 5.57 Å². The first-order valence-corrected chi connectivity index (χ1v) is 3.71. The standard InChI is InChI=1S/C5H8O2.Hf.O/c1-3-4(2)5(6)7;;/h3H,1-2H3,(H,6,7);;. The first-order valence-electron chi connectivity index (χ1n) is 2.25. The first-order chi connectivity index (χ1) is 4.18. The van der Waals surface area contributed by atoms with Crippen molar-refractivity contribution in [2.75, 3.05) is 0 Å². The molecule has 0 saturated carbocycles. The third-order valence-corrected chi connectivity index (χ3v) is 0.770. The minimum absolute atomic E-state index is 0.0556. The number of hydrogen-bond acceptors (Lipinski definition) is 2. The van der Waals surface area contributed by atoms with Crippen molar-refractivity contribution in [3.05, 3.63) is 11.6 Å². The van der Waals surface area contributed by atoms with E-state index in [1.165, 1.54) is 0 Å². The monoisotopic (exact) mass is 296 g/mol. The molecule has 0 aliphatic carbocycles. The molecule has 3 nitrogen and oxygen atoms in total. The normalized spacial score (nSPS) is 9.22. The van der Waals surface area contributed by atoms with Crippen molar-refractivity contribution in [3.8, 4) is 0 Å². The van der Waals surface area contributed by atoms with E-state index >= 15 is 0 Å². The Morgan fingerprint density at radius 2 is 1.89 bits per heavy atom. The van der Waals surface area contributed by atoms with Crippen molar-refractivity contribution >= 4 is 5.97 Å².